The number of halogens is 1. The van der Waals surface area contributed by atoms with Crippen LogP contribution in [0.15, 0.2) is 6.20 Å². The molecule has 1 saturated carbocycles. The summed E-state index contributed by atoms with van der Waals surface area (Å²) in [5.74, 6) is 0.453. The fourth-order valence-electron chi connectivity index (χ4n) is 3.26. The molecule has 1 aromatic heterocycles. The van der Waals surface area contributed by atoms with Gasteiger partial charge in [-0.05, 0) is 23.7 Å². The monoisotopic (exact) mass is 255 g/mol. The molecule has 4 heteroatoms. The normalized spacial score (nSPS) is 23.7. The van der Waals surface area contributed by atoms with Crippen molar-refractivity contribution in [1.82, 2.24) is 9.78 Å². The standard InChI is InChI=1S/C13H22ClN3/c1-6-17-10(8(14)7-16-17)9(15)11-12(2,3)13(11,4)5/h7,9,11H,6,15H2,1-5H3. The maximum Gasteiger partial charge on any atom is 0.0834 e. The lowest BCUT2D eigenvalue weighted by Gasteiger charge is -2.16. The van der Waals surface area contributed by atoms with Gasteiger partial charge in [0.1, 0.15) is 0 Å². The molecule has 17 heavy (non-hydrogen) atoms. The van der Waals surface area contributed by atoms with Gasteiger partial charge in [-0.25, -0.2) is 0 Å². The van der Waals surface area contributed by atoms with Crippen LogP contribution in [0.4, 0.5) is 0 Å². The lowest BCUT2D eigenvalue weighted by atomic mass is 10.0. The van der Waals surface area contributed by atoms with E-state index in [0.29, 0.717) is 10.9 Å². The highest BCUT2D eigenvalue weighted by Crippen LogP contribution is 2.72. The first kappa shape index (κ1) is 12.9. The van der Waals surface area contributed by atoms with Crippen LogP contribution in [-0.2, 0) is 6.54 Å². The molecule has 0 aromatic carbocycles. The third-order valence-electron chi connectivity index (χ3n) is 4.94. The first-order valence-corrected chi connectivity index (χ1v) is 6.59. The molecule has 1 heterocycles. The average molecular weight is 256 g/mol. The van der Waals surface area contributed by atoms with Crippen LogP contribution >= 0.6 is 11.6 Å². The minimum Gasteiger partial charge on any atom is -0.322 e. The van der Waals surface area contributed by atoms with Crippen LogP contribution in [0, 0.1) is 16.7 Å². The molecule has 0 bridgehead atoms. The number of nitrogens with zero attached hydrogens (tertiary/aromatic N) is 2. The third-order valence-corrected chi connectivity index (χ3v) is 5.23. The lowest BCUT2D eigenvalue weighted by molar-refractivity contribution is 0.457. The van der Waals surface area contributed by atoms with Gasteiger partial charge in [0, 0.05) is 6.54 Å². The van der Waals surface area contributed by atoms with Crippen molar-refractivity contribution in [3.63, 3.8) is 0 Å². The molecular formula is C13H22ClN3. The van der Waals surface area contributed by atoms with Crippen LogP contribution in [0.5, 0.6) is 0 Å². The smallest absolute Gasteiger partial charge is 0.0834 e. The largest absolute Gasteiger partial charge is 0.322 e. The van der Waals surface area contributed by atoms with E-state index in [9.17, 15) is 0 Å². The van der Waals surface area contributed by atoms with E-state index < -0.39 is 0 Å². The van der Waals surface area contributed by atoms with Crippen LogP contribution < -0.4 is 5.73 Å². The van der Waals surface area contributed by atoms with Gasteiger partial charge in [0.05, 0.1) is 23.0 Å². The van der Waals surface area contributed by atoms with Crippen LogP contribution in [0.1, 0.15) is 46.4 Å². The average Bonchev–Trinajstić information content (AvgIpc) is 2.55. The summed E-state index contributed by atoms with van der Waals surface area (Å²) in [6.45, 7) is 12.0. The van der Waals surface area contributed by atoms with Crippen molar-refractivity contribution in [3.8, 4) is 0 Å². The highest BCUT2D eigenvalue weighted by molar-refractivity contribution is 6.31. The molecule has 0 aliphatic heterocycles. The van der Waals surface area contributed by atoms with Crippen LogP contribution in [0.2, 0.25) is 5.02 Å². The Kier molecular flexibility index (Phi) is 2.83. The van der Waals surface area contributed by atoms with Gasteiger partial charge in [-0.3, -0.25) is 4.68 Å². The Morgan fingerprint density at radius 2 is 1.94 bits per heavy atom. The summed E-state index contributed by atoms with van der Waals surface area (Å²) in [5, 5.41) is 4.96. The van der Waals surface area contributed by atoms with Crippen molar-refractivity contribution >= 4 is 11.6 Å². The van der Waals surface area contributed by atoms with E-state index in [1.165, 1.54) is 0 Å². The van der Waals surface area contributed by atoms with Gasteiger partial charge in [0.2, 0.25) is 0 Å². The predicted octanol–water partition coefficient (Wildman–Crippen LogP) is 3.24. The van der Waals surface area contributed by atoms with Crippen LogP contribution in [0.25, 0.3) is 0 Å². The van der Waals surface area contributed by atoms with E-state index in [0.717, 1.165) is 12.2 Å². The molecule has 1 atom stereocenters. The minimum absolute atomic E-state index is 0.0325. The van der Waals surface area contributed by atoms with Gasteiger partial charge in [0.25, 0.3) is 0 Å². The van der Waals surface area contributed by atoms with E-state index >= 15 is 0 Å². The van der Waals surface area contributed by atoms with Crippen molar-refractivity contribution in [2.75, 3.05) is 0 Å². The number of hydrogen-bond donors (Lipinski definition) is 1. The molecule has 2 N–H and O–H groups in total. The van der Waals surface area contributed by atoms with E-state index in [2.05, 4.69) is 39.7 Å². The van der Waals surface area contributed by atoms with E-state index in [4.69, 9.17) is 17.3 Å². The summed E-state index contributed by atoms with van der Waals surface area (Å²) in [5.41, 5.74) is 7.94. The molecule has 0 spiro atoms. The second kappa shape index (κ2) is 3.72. The van der Waals surface area contributed by atoms with Gasteiger partial charge in [-0.15, -0.1) is 0 Å². The molecule has 1 unspecified atom stereocenters. The summed E-state index contributed by atoms with van der Waals surface area (Å²) >= 11 is 6.21. The predicted molar refractivity (Wildman–Crippen MR) is 70.9 cm³/mol. The van der Waals surface area contributed by atoms with Crippen LogP contribution in [-0.4, -0.2) is 9.78 Å². The first-order valence-electron chi connectivity index (χ1n) is 6.22. The maximum atomic E-state index is 6.43. The maximum absolute atomic E-state index is 6.43. The quantitative estimate of drug-likeness (QED) is 0.901. The SMILES string of the molecule is CCn1ncc(Cl)c1C(N)C1C(C)(C)C1(C)C. The van der Waals surface area contributed by atoms with Crippen molar-refractivity contribution < 1.29 is 0 Å². The van der Waals surface area contributed by atoms with Gasteiger partial charge in [0.15, 0.2) is 0 Å². The number of rotatable bonds is 3. The number of nitrogens with two attached hydrogens (primary N) is 1. The minimum atomic E-state index is -0.0325. The number of aromatic nitrogens is 2. The second-order valence-electron chi connectivity index (χ2n) is 6.14. The summed E-state index contributed by atoms with van der Waals surface area (Å²) in [4.78, 5) is 0. The van der Waals surface area contributed by atoms with Crippen molar-refractivity contribution in [2.24, 2.45) is 22.5 Å². The molecule has 2 rings (SSSR count). The Bertz CT molecular complexity index is 420. The third kappa shape index (κ3) is 1.63. The Balaban J connectivity index is 2.34. The number of hydrogen-bond acceptors (Lipinski definition) is 2. The summed E-state index contributed by atoms with van der Waals surface area (Å²) < 4.78 is 1.91. The van der Waals surface area contributed by atoms with Gasteiger partial charge in [-0.2, -0.15) is 5.10 Å². The van der Waals surface area contributed by atoms with Crippen molar-refractivity contribution in [3.05, 3.63) is 16.9 Å². The zero-order chi connectivity index (χ0) is 13.0. The highest BCUT2D eigenvalue weighted by atomic mass is 35.5. The van der Waals surface area contributed by atoms with Gasteiger partial charge >= 0.3 is 0 Å². The molecule has 0 saturated heterocycles. The zero-order valence-corrected chi connectivity index (χ0v) is 12.0. The Labute approximate surface area is 108 Å². The van der Waals surface area contributed by atoms with E-state index in [1.54, 1.807) is 6.20 Å². The molecule has 1 aromatic rings. The summed E-state index contributed by atoms with van der Waals surface area (Å²) in [6, 6.07) is -0.0325. The molecule has 3 nitrogen and oxygen atoms in total. The highest BCUT2D eigenvalue weighted by Gasteiger charge is 2.67. The molecular weight excluding hydrogens is 234 g/mol. The summed E-state index contributed by atoms with van der Waals surface area (Å²) in [7, 11) is 0. The first-order chi connectivity index (χ1) is 7.75. The molecule has 1 aliphatic carbocycles. The lowest BCUT2D eigenvalue weighted by Crippen LogP contribution is -2.21. The summed E-state index contributed by atoms with van der Waals surface area (Å²) in [6.07, 6.45) is 1.70. The van der Waals surface area contributed by atoms with Crippen molar-refractivity contribution in [1.29, 1.82) is 0 Å². The van der Waals surface area contributed by atoms with Crippen LogP contribution in [0.3, 0.4) is 0 Å². The zero-order valence-electron chi connectivity index (χ0n) is 11.3. The molecule has 1 fully saturated rings. The second-order valence-corrected chi connectivity index (χ2v) is 6.55. The Hall–Kier alpha value is -0.540. The Morgan fingerprint density at radius 3 is 2.35 bits per heavy atom. The van der Waals surface area contributed by atoms with E-state index in [1.807, 2.05) is 4.68 Å². The fourth-order valence-corrected chi connectivity index (χ4v) is 3.53. The number of aryl methyl sites for hydroxylation is 1. The Morgan fingerprint density at radius 1 is 1.41 bits per heavy atom. The molecule has 0 amide bonds. The topological polar surface area (TPSA) is 43.8 Å². The van der Waals surface area contributed by atoms with Crippen molar-refractivity contribution in [2.45, 2.75) is 47.2 Å². The fraction of sp³-hybridized carbons (Fsp3) is 0.769. The molecule has 96 valence electrons. The van der Waals surface area contributed by atoms with Gasteiger partial charge in [-0.1, -0.05) is 39.3 Å². The van der Waals surface area contributed by atoms with E-state index in [-0.39, 0.29) is 16.9 Å². The molecule has 1 aliphatic rings. The molecule has 0 radical (unpaired) electrons. The van der Waals surface area contributed by atoms with Gasteiger partial charge < -0.3 is 5.73 Å².